The largest absolute Gasteiger partial charge is 0.383 e. The van der Waals surface area contributed by atoms with E-state index in [1.807, 2.05) is 13.0 Å². The van der Waals surface area contributed by atoms with Crippen molar-refractivity contribution in [1.82, 2.24) is 9.88 Å². The molecule has 1 heterocycles. The number of hydrogen-bond donors (Lipinski definition) is 1. The highest BCUT2D eigenvalue weighted by molar-refractivity contribution is 9.10. The second-order valence-corrected chi connectivity index (χ2v) is 5.84. The zero-order valence-corrected chi connectivity index (χ0v) is 14.0. The van der Waals surface area contributed by atoms with Gasteiger partial charge in [-0.05, 0) is 44.3 Å². The number of nitrogens with zero attached hydrogens (tertiary/aromatic N) is 2. The van der Waals surface area contributed by atoms with Crippen LogP contribution >= 0.6 is 15.9 Å². The molecule has 0 radical (unpaired) electrons. The molecule has 0 spiro atoms. The van der Waals surface area contributed by atoms with E-state index in [1.54, 1.807) is 0 Å². The van der Waals surface area contributed by atoms with Gasteiger partial charge in [0.2, 0.25) is 0 Å². The van der Waals surface area contributed by atoms with Gasteiger partial charge in [-0.1, -0.05) is 29.8 Å². The first-order valence-corrected chi connectivity index (χ1v) is 7.96. The van der Waals surface area contributed by atoms with Crippen molar-refractivity contribution in [3.8, 4) is 0 Å². The summed E-state index contributed by atoms with van der Waals surface area (Å²) < 4.78 is 1.09. The molecular formula is C16H22BrN3. The lowest BCUT2D eigenvalue weighted by molar-refractivity contribution is 0.316. The number of pyridine rings is 1. The molecule has 1 N–H and O–H groups in total. The summed E-state index contributed by atoms with van der Waals surface area (Å²) >= 11 is 3.54. The van der Waals surface area contributed by atoms with Crippen molar-refractivity contribution in [1.29, 1.82) is 0 Å². The van der Waals surface area contributed by atoms with Crippen LogP contribution in [0.2, 0.25) is 0 Å². The number of rotatable bonds is 6. The maximum absolute atomic E-state index is 4.58. The van der Waals surface area contributed by atoms with E-state index >= 15 is 0 Å². The van der Waals surface area contributed by atoms with Gasteiger partial charge >= 0.3 is 0 Å². The molecule has 0 saturated heterocycles. The first-order valence-electron chi connectivity index (χ1n) is 7.17. The van der Waals surface area contributed by atoms with E-state index in [1.165, 1.54) is 11.1 Å². The highest BCUT2D eigenvalue weighted by Gasteiger charge is 2.05. The summed E-state index contributed by atoms with van der Waals surface area (Å²) in [6, 6.07) is 8.34. The van der Waals surface area contributed by atoms with Crippen molar-refractivity contribution in [3.05, 3.63) is 34.4 Å². The lowest BCUT2D eigenvalue weighted by atomic mass is 10.1. The third-order valence-electron chi connectivity index (χ3n) is 3.54. The topological polar surface area (TPSA) is 28.2 Å². The normalized spacial score (nSPS) is 11.2. The van der Waals surface area contributed by atoms with E-state index in [4.69, 9.17) is 0 Å². The fourth-order valence-electron chi connectivity index (χ4n) is 2.37. The van der Waals surface area contributed by atoms with Crippen LogP contribution in [0.3, 0.4) is 0 Å². The van der Waals surface area contributed by atoms with Gasteiger partial charge in [0.1, 0.15) is 0 Å². The molecule has 0 aliphatic rings. The summed E-state index contributed by atoms with van der Waals surface area (Å²) in [6.07, 6.45) is 0. The molecule has 0 fully saturated rings. The summed E-state index contributed by atoms with van der Waals surface area (Å²) in [4.78, 5) is 7.00. The zero-order valence-electron chi connectivity index (χ0n) is 12.4. The number of aromatic nitrogens is 1. The van der Waals surface area contributed by atoms with E-state index in [0.29, 0.717) is 0 Å². The maximum Gasteiger partial charge on any atom is 0.0726 e. The molecule has 3 nitrogen and oxygen atoms in total. The summed E-state index contributed by atoms with van der Waals surface area (Å²) in [5.74, 6) is 0. The maximum atomic E-state index is 4.58. The smallest absolute Gasteiger partial charge is 0.0726 e. The molecular weight excluding hydrogens is 314 g/mol. The molecule has 108 valence electrons. The van der Waals surface area contributed by atoms with Crippen LogP contribution in [-0.4, -0.2) is 36.1 Å². The van der Waals surface area contributed by atoms with Gasteiger partial charge in [0.05, 0.1) is 5.52 Å². The minimum absolute atomic E-state index is 0.951. The van der Waals surface area contributed by atoms with Crippen molar-refractivity contribution in [2.45, 2.75) is 20.8 Å². The Morgan fingerprint density at radius 3 is 2.65 bits per heavy atom. The van der Waals surface area contributed by atoms with Crippen molar-refractivity contribution in [3.63, 3.8) is 0 Å². The molecule has 0 unspecified atom stereocenters. The Balaban J connectivity index is 2.18. The number of benzene rings is 1. The summed E-state index contributed by atoms with van der Waals surface area (Å²) in [5.41, 5.74) is 3.25. The van der Waals surface area contributed by atoms with Crippen LogP contribution in [0.1, 0.15) is 19.5 Å². The molecule has 0 aliphatic heterocycles. The number of halogens is 1. The predicted molar refractivity (Wildman–Crippen MR) is 90.5 cm³/mol. The van der Waals surface area contributed by atoms with Crippen LogP contribution in [0.4, 0.5) is 5.69 Å². The Hall–Kier alpha value is -1.13. The molecule has 0 saturated carbocycles. The zero-order chi connectivity index (χ0) is 14.5. The summed E-state index contributed by atoms with van der Waals surface area (Å²) in [6.45, 7) is 10.6. The molecule has 2 aromatic rings. The van der Waals surface area contributed by atoms with Crippen LogP contribution in [0.5, 0.6) is 0 Å². The SMILES string of the molecule is CCN(CC)CCNc1cc(C)nc2ccc(Br)cc12. The van der Waals surface area contributed by atoms with Crippen molar-refractivity contribution < 1.29 is 0 Å². The number of fused-ring (bicyclic) bond motifs is 1. The average molecular weight is 336 g/mol. The molecule has 0 amide bonds. The van der Waals surface area contributed by atoms with E-state index in [9.17, 15) is 0 Å². The van der Waals surface area contributed by atoms with Gasteiger partial charge in [-0.3, -0.25) is 4.98 Å². The Morgan fingerprint density at radius 2 is 1.95 bits per heavy atom. The molecule has 0 aliphatic carbocycles. The number of anilines is 1. The standard InChI is InChI=1S/C16H22BrN3/c1-4-20(5-2)9-8-18-16-10-12(3)19-15-7-6-13(17)11-14(15)16/h6-7,10-11H,4-5,8-9H2,1-3H3,(H,18,19). The Labute approximate surface area is 129 Å². The van der Waals surface area contributed by atoms with Gasteiger partial charge in [-0.25, -0.2) is 0 Å². The number of nitrogens with one attached hydrogen (secondary N) is 1. The van der Waals surface area contributed by atoms with E-state index in [0.717, 1.165) is 41.9 Å². The third kappa shape index (κ3) is 3.70. The summed E-state index contributed by atoms with van der Waals surface area (Å²) in [5, 5.41) is 4.72. The molecule has 1 aromatic carbocycles. The fourth-order valence-corrected chi connectivity index (χ4v) is 2.73. The Bertz CT molecular complexity index is 579. The first kappa shape index (κ1) is 15.3. The summed E-state index contributed by atoms with van der Waals surface area (Å²) in [7, 11) is 0. The molecule has 20 heavy (non-hydrogen) atoms. The molecule has 1 aromatic heterocycles. The van der Waals surface area contributed by atoms with Gasteiger partial charge in [0.25, 0.3) is 0 Å². The fraction of sp³-hybridized carbons (Fsp3) is 0.438. The number of aryl methyl sites for hydroxylation is 1. The van der Waals surface area contributed by atoms with Crippen LogP contribution in [-0.2, 0) is 0 Å². The number of likely N-dealkylation sites (N-methyl/N-ethyl adjacent to an activating group) is 1. The minimum atomic E-state index is 0.951. The first-order chi connectivity index (χ1) is 9.63. The van der Waals surface area contributed by atoms with Crippen LogP contribution in [0.15, 0.2) is 28.7 Å². The molecule has 4 heteroatoms. The van der Waals surface area contributed by atoms with E-state index in [2.05, 4.69) is 63.2 Å². The van der Waals surface area contributed by atoms with Gasteiger partial charge in [-0.2, -0.15) is 0 Å². The van der Waals surface area contributed by atoms with Gasteiger partial charge in [0.15, 0.2) is 0 Å². The Morgan fingerprint density at radius 1 is 1.20 bits per heavy atom. The number of hydrogen-bond acceptors (Lipinski definition) is 3. The van der Waals surface area contributed by atoms with Crippen molar-refractivity contribution in [2.24, 2.45) is 0 Å². The van der Waals surface area contributed by atoms with Crippen LogP contribution in [0.25, 0.3) is 10.9 Å². The van der Waals surface area contributed by atoms with Gasteiger partial charge in [-0.15, -0.1) is 0 Å². The second-order valence-electron chi connectivity index (χ2n) is 4.93. The highest BCUT2D eigenvalue weighted by atomic mass is 79.9. The quantitative estimate of drug-likeness (QED) is 0.862. The van der Waals surface area contributed by atoms with Crippen molar-refractivity contribution >= 4 is 32.5 Å². The van der Waals surface area contributed by atoms with E-state index in [-0.39, 0.29) is 0 Å². The van der Waals surface area contributed by atoms with Crippen LogP contribution < -0.4 is 5.32 Å². The van der Waals surface area contributed by atoms with Gasteiger partial charge < -0.3 is 10.2 Å². The lowest BCUT2D eigenvalue weighted by Gasteiger charge is -2.19. The molecule has 0 bridgehead atoms. The minimum Gasteiger partial charge on any atom is -0.383 e. The monoisotopic (exact) mass is 335 g/mol. The van der Waals surface area contributed by atoms with Crippen LogP contribution in [0, 0.1) is 6.92 Å². The lowest BCUT2D eigenvalue weighted by Crippen LogP contribution is -2.28. The van der Waals surface area contributed by atoms with Gasteiger partial charge in [0, 0.05) is 34.3 Å². The molecule has 2 rings (SSSR count). The second kappa shape index (κ2) is 7.04. The molecule has 0 atom stereocenters. The Kier molecular flexibility index (Phi) is 5.38. The predicted octanol–water partition coefficient (Wildman–Crippen LogP) is 4.06. The third-order valence-corrected chi connectivity index (χ3v) is 4.03. The van der Waals surface area contributed by atoms with Crippen molar-refractivity contribution in [2.75, 3.05) is 31.5 Å². The average Bonchev–Trinajstić information content (AvgIpc) is 2.44. The highest BCUT2D eigenvalue weighted by Crippen LogP contribution is 2.26. The van der Waals surface area contributed by atoms with E-state index < -0.39 is 0 Å².